The van der Waals surface area contributed by atoms with Crippen LogP contribution in [0.15, 0.2) is 115 Å². The number of amides is 4. The summed E-state index contributed by atoms with van der Waals surface area (Å²) in [6, 6.07) is 27.9. The highest BCUT2D eigenvalue weighted by molar-refractivity contribution is 6.31. The Morgan fingerprint density at radius 3 is 2.06 bits per heavy atom. The van der Waals surface area contributed by atoms with Crippen molar-refractivity contribution in [2.45, 2.75) is 19.0 Å². The zero-order valence-electron chi connectivity index (χ0n) is 25.9. The molecular formula is C36H27ClF3N5O5. The molecule has 254 valence electrons. The maximum atomic E-state index is 13.1. The van der Waals surface area contributed by atoms with Gasteiger partial charge in [-0.05, 0) is 59.7 Å². The molecule has 0 aliphatic rings. The number of urea groups is 1. The van der Waals surface area contributed by atoms with Crippen molar-refractivity contribution in [3.63, 3.8) is 0 Å². The first-order valence-corrected chi connectivity index (χ1v) is 15.3. The third-order valence-electron chi connectivity index (χ3n) is 7.05. The highest BCUT2D eigenvalue weighted by Crippen LogP contribution is 2.36. The number of ketones is 1. The van der Waals surface area contributed by atoms with E-state index in [4.69, 9.17) is 16.3 Å². The molecule has 1 heterocycles. The van der Waals surface area contributed by atoms with Gasteiger partial charge in [-0.3, -0.25) is 30.2 Å². The molecule has 0 fully saturated rings. The van der Waals surface area contributed by atoms with Crippen molar-refractivity contribution < 1.29 is 37.1 Å². The monoisotopic (exact) mass is 701 g/mol. The Morgan fingerprint density at radius 1 is 0.700 bits per heavy atom. The van der Waals surface area contributed by atoms with Crippen molar-refractivity contribution in [1.82, 2.24) is 15.8 Å². The van der Waals surface area contributed by atoms with Crippen molar-refractivity contribution in [1.29, 1.82) is 0 Å². The number of carbonyl (C=O) groups excluding carboxylic acids is 4. The van der Waals surface area contributed by atoms with Crippen molar-refractivity contribution in [3.8, 4) is 22.6 Å². The molecule has 0 radical (unpaired) electrons. The summed E-state index contributed by atoms with van der Waals surface area (Å²) in [5.41, 5.74) is 6.05. The van der Waals surface area contributed by atoms with Crippen LogP contribution in [0.1, 0.15) is 39.3 Å². The van der Waals surface area contributed by atoms with Crippen molar-refractivity contribution in [2.24, 2.45) is 0 Å². The van der Waals surface area contributed by atoms with E-state index in [-0.39, 0.29) is 35.8 Å². The lowest BCUT2D eigenvalue weighted by atomic mass is 10.0. The van der Waals surface area contributed by atoms with Crippen LogP contribution < -0.4 is 26.2 Å². The van der Waals surface area contributed by atoms with Crippen molar-refractivity contribution in [3.05, 3.63) is 137 Å². The summed E-state index contributed by atoms with van der Waals surface area (Å²) in [4.78, 5) is 53.8. The number of rotatable bonds is 10. The van der Waals surface area contributed by atoms with Gasteiger partial charge in [-0.2, -0.15) is 13.2 Å². The largest absolute Gasteiger partial charge is 0.457 e. The van der Waals surface area contributed by atoms with Crippen LogP contribution in [-0.2, 0) is 11.0 Å². The van der Waals surface area contributed by atoms with Gasteiger partial charge >= 0.3 is 12.2 Å². The molecule has 14 heteroatoms. The van der Waals surface area contributed by atoms with E-state index in [0.29, 0.717) is 17.0 Å². The number of halogens is 4. The molecule has 10 nitrogen and oxygen atoms in total. The van der Waals surface area contributed by atoms with Crippen LogP contribution in [0.2, 0.25) is 5.02 Å². The molecular weight excluding hydrogens is 675 g/mol. The van der Waals surface area contributed by atoms with E-state index in [1.807, 2.05) is 42.5 Å². The van der Waals surface area contributed by atoms with Gasteiger partial charge in [0.15, 0.2) is 5.78 Å². The minimum atomic E-state index is -4.68. The van der Waals surface area contributed by atoms with Crippen LogP contribution >= 0.6 is 11.6 Å². The van der Waals surface area contributed by atoms with E-state index in [0.717, 1.165) is 23.3 Å². The molecule has 0 spiro atoms. The van der Waals surface area contributed by atoms with Gasteiger partial charge in [0.1, 0.15) is 17.2 Å². The van der Waals surface area contributed by atoms with Gasteiger partial charge in [0, 0.05) is 42.0 Å². The molecule has 0 unspecified atom stereocenters. The molecule has 0 atom stereocenters. The summed E-state index contributed by atoms with van der Waals surface area (Å²) < 4.78 is 45.0. The number of hydrazine groups is 1. The second-order valence-electron chi connectivity index (χ2n) is 10.6. The standard InChI is InChI=1S/C36H27ClF3N5O5/c37-30-15-12-26(20-29(30)36(38,39)40)43-35(49)42-25-10-13-27(14-11-25)50-28-18-19-41-31(21-28)34(48)45-44-33(47)17-16-32(46)24-8-6-23(7-9-24)22-4-2-1-3-5-22/h1-15,18-21H,16-17H2,(H,44,47)(H,45,48)(H2,42,43,49). The first-order valence-electron chi connectivity index (χ1n) is 14.9. The minimum Gasteiger partial charge on any atom is -0.457 e. The summed E-state index contributed by atoms with van der Waals surface area (Å²) in [6.07, 6.45) is -3.56. The molecule has 0 saturated heterocycles. The van der Waals surface area contributed by atoms with E-state index in [1.54, 1.807) is 12.1 Å². The van der Waals surface area contributed by atoms with E-state index in [9.17, 15) is 32.3 Å². The first kappa shape index (κ1) is 35.1. The van der Waals surface area contributed by atoms with Crippen LogP contribution in [-0.4, -0.2) is 28.6 Å². The molecule has 5 rings (SSSR count). The van der Waals surface area contributed by atoms with Crippen molar-refractivity contribution in [2.75, 3.05) is 10.6 Å². The van der Waals surface area contributed by atoms with E-state index in [2.05, 4.69) is 26.5 Å². The average molecular weight is 702 g/mol. The fourth-order valence-electron chi connectivity index (χ4n) is 4.56. The van der Waals surface area contributed by atoms with Crippen LogP contribution in [0.3, 0.4) is 0 Å². The molecule has 4 N–H and O–H groups in total. The highest BCUT2D eigenvalue weighted by atomic mass is 35.5. The number of benzene rings is 4. The lowest BCUT2D eigenvalue weighted by molar-refractivity contribution is -0.137. The number of pyridine rings is 1. The minimum absolute atomic E-state index is 0.0574. The Morgan fingerprint density at radius 2 is 1.36 bits per heavy atom. The number of alkyl halides is 3. The second-order valence-corrected chi connectivity index (χ2v) is 11.1. The van der Waals surface area contributed by atoms with Gasteiger partial charge in [-0.1, -0.05) is 66.2 Å². The van der Waals surface area contributed by atoms with Gasteiger partial charge in [0.2, 0.25) is 5.91 Å². The topological polar surface area (TPSA) is 139 Å². The number of ether oxygens (including phenoxy) is 1. The van der Waals surface area contributed by atoms with Gasteiger partial charge in [0.25, 0.3) is 5.91 Å². The Balaban J connectivity index is 1.07. The number of nitrogens with zero attached hydrogens (tertiary/aromatic N) is 1. The third-order valence-corrected chi connectivity index (χ3v) is 7.38. The maximum absolute atomic E-state index is 13.1. The summed E-state index contributed by atoms with van der Waals surface area (Å²) >= 11 is 5.61. The van der Waals surface area contributed by atoms with Crippen LogP contribution in [0.5, 0.6) is 11.5 Å². The molecule has 0 aliphatic heterocycles. The maximum Gasteiger partial charge on any atom is 0.417 e. The first-order chi connectivity index (χ1) is 23.9. The highest BCUT2D eigenvalue weighted by Gasteiger charge is 2.33. The number of Topliss-reactive ketones (excluding diaryl/α,β-unsaturated/α-hetero) is 1. The number of anilines is 2. The van der Waals surface area contributed by atoms with Gasteiger partial charge in [-0.25, -0.2) is 4.79 Å². The molecule has 1 aromatic heterocycles. The number of aromatic nitrogens is 1. The van der Waals surface area contributed by atoms with Gasteiger partial charge < -0.3 is 15.4 Å². The Kier molecular flexibility index (Phi) is 11.1. The molecule has 5 aromatic rings. The second kappa shape index (κ2) is 15.8. The normalized spacial score (nSPS) is 10.9. The number of hydrogen-bond acceptors (Lipinski definition) is 6. The van der Waals surface area contributed by atoms with Gasteiger partial charge in [0.05, 0.1) is 10.6 Å². The summed E-state index contributed by atoms with van der Waals surface area (Å²) in [6.45, 7) is 0. The van der Waals surface area contributed by atoms with E-state index in [1.165, 1.54) is 48.7 Å². The number of hydrogen-bond donors (Lipinski definition) is 4. The summed E-state index contributed by atoms with van der Waals surface area (Å²) in [7, 11) is 0. The Hall–Kier alpha value is -6.21. The Bertz CT molecular complexity index is 2010. The molecule has 0 aliphatic carbocycles. The third kappa shape index (κ3) is 9.67. The number of nitrogens with one attached hydrogen (secondary N) is 4. The van der Waals surface area contributed by atoms with Crippen LogP contribution in [0.25, 0.3) is 11.1 Å². The summed E-state index contributed by atoms with van der Waals surface area (Å²) in [5.74, 6) is -0.942. The fourth-order valence-corrected chi connectivity index (χ4v) is 4.78. The van der Waals surface area contributed by atoms with Crippen molar-refractivity contribution >= 4 is 46.6 Å². The lowest BCUT2D eigenvalue weighted by Gasteiger charge is -2.13. The van der Waals surface area contributed by atoms with Gasteiger partial charge in [-0.15, -0.1) is 0 Å². The van der Waals surface area contributed by atoms with E-state index >= 15 is 0 Å². The molecule has 4 aromatic carbocycles. The predicted octanol–water partition coefficient (Wildman–Crippen LogP) is 8.28. The molecule has 0 bridgehead atoms. The predicted molar refractivity (Wildman–Crippen MR) is 181 cm³/mol. The Labute approximate surface area is 288 Å². The molecule has 50 heavy (non-hydrogen) atoms. The van der Waals surface area contributed by atoms with E-state index < -0.39 is 34.6 Å². The number of carbonyl (C=O) groups is 4. The lowest BCUT2D eigenvalue weighted by Crippen LogP contribution is -2.42. The van der Waals surface area contributed by atoms with Crippen LogP contribution in [0, 0.1) is 0 Å². The molecule has 4 amide bonds. The average Bonchev–Trinajstić information content (AvgIpc) is 3.11. The zero-order valence-corrected chi connectivity index (χ0v) is 26.6. The zero-order chi connectivity index (χ0) is 35.7. The SMILES string of the molecule is O=C(CCC(=O)c1ccc(-c2ccccc2)cc1)NNC(=O)c1cc(Oc2ccc(NC(=O)Nc3ccc(Cl)c(C(F)(F)F)c3)cc2)ccn1. The summed E-state index contributed by atoms with van der Waals surface area (Å²) in [5, 5.41) is 4.32. The smallest absolute Gasteiger partial charge is 0.417 e. The molecule has 0 saturated carbocycles. The van der Waals surface area contributed by atoms with Crippen LogP contribution in [0.4, 0.5) is 29.3 Å². The quantitative estimate of drug-likeness (QED) is 0.0854. The fraction of sp³-hybridized carbons (Fsp3) is 0.0833.